The summed E-state index contributed by atoms with van der Waals surface area (Å²) in [5, 5.41) is 0. The highest BCUT2D eigenvalue weighted by molar-refractivity contribution is 7.99. The molecule has 1 aliphatic rings. The third-order valence-corrected chi connectivity index (χ3v) is 8.22. The second-order valence-corrected chi connectivity index (χ2v) is 10.0. The third-order valence-electron chi connectivity index (χ3n) is 4.13. The molecular formula is C16H22N2O3S3. The number of nitrogens with one attached hydrogen (secondary N) is 1. The Morgan fingerprint density at radius 1 is 1.29 bits per heavy atom. The molecule has 0 radical (unpaired) electrons. The first kappa shape index (κ1) is 18.0. The maximum atomic E-state index is 12.6. The van der Waals surface area contributed by atoms with Crippen molar-refractivity contribution in [2.24, 2.45) is 0 Å². The molecule has 2 aromatic heterocycles. The number of hydrogen-bond donors (Lipinski definition) is 1. The lowest BCUT2D eigenvalue weighted by atomic mass is 10.1. The maximum Gasteiger partial charge on any atom is 0.250 e. The van der Waals surface area contributed by atoms with Crippen LogP contribution < -0.4 is 4.72 Å². The topological polar surface area (TPSA) is 62.6 Å². The Labute approximate surface area is 151 Å². The minimum Gasteiger partial charge on any atom is -0.472 e. The van der Waals surface area contributed by atoms with Crippen molar-refractivity contribution in [3.63, 3.8) is 0 Å². The van der Waals surface area contributed by atoms with Crippen LogP contribution in [0.25, 0.3) is 0 Å². The molecule has 1 fully saturated rings. The van der Waals surface area contributed by atoms with Gasteiger partial charge in [-0.15, -0.1) is 11.3 Å². The van der Waals surface area contributed by atoms with Crippen LogP contribution in [0.2, 0.25) is 0 Å². The molecule has 1 N–H and O–H groups in total. The molecule has 1 aliphatic heterocycles. The highest BCUT2D eigenvalue weighted by Gasteiger charge is 2.26. The second kappa shape index (κ2) is 8.05. The van der Waals surface area contributed by atoms with Crippen LogP contribution >= 0.6 is 23.1 Å². The molecule has 132 valence electrons. The smallest absolute Gasteiger partial charge is 0.250 e. The van der Waals surface area contributed by atoms with E-state index in [-0.39, 0.29) is 6.04 Å². The summed E-state index contributed by atoms with van der Waals surface area (Å²) in [4.78, 5) is 3.41. The van der Waals surface area contributed by atoms with Crippen LogP contribution in [0.15, 0.2) is 39.4 Å². The summed E-state index contributed by atoms with van der Waals surface area (Å²) in [5.74, 6) is 2.15. The van der Waals surface area contributed by atoms with Crippen molar-refractivity contribution < 1.29 is 12.8 Å². The summed E-state index contributed by atoms with van der Waals surface area (Å²) in [6, 6.07) is 5.50. The van der Waals surface area contributed by atoms with E-state index in [1.807, 2.05) is 30.8 Å². The Hall–Kier alpha value is -0.800. The van der Waals surface area contributed by atoms with Crippen LogP contribution in [-0.4, -0.2) is 44.5 Å². The van der Waals surface area contributed by atoms with Gasteiger partial charge >= 0.3 is 0 Å². The van der Waals surface area contributed by atoms with Gasteiger partial charge in [0.2, 0.25) is 10.0 Å². The number of sulfonamides is 1. The van der Waals surface area contributed by atoms with Crippen LogP contribution in [0.1, 0.15) is 23.4 Å². The predicted octanol–water partition coefficient (Wildman–Crippen LogP) is 2.97. The summed E-state index contributed by atoms with van der Waals surface area (Å²) in [7, 11) is -3.47. The number of thiophene rings is 1. The lowest BCUT2D eigenvalue weighted by Gasteiger charge is -2.33. The standard InChI is InChI=1S/C16H22N2O3S3/c1-2-14-3-4-16(23-14)24(19,20)17-11-15(13-5-8-21-12-13)18-6-9-22-10-7-18/h3-5,8,12,15,17H,2,6-7,9-11H2,1H3/t15-/m1/s1. The molecule has 5 nitrogen and oxygen atoms in total. The van der Waals surface area contributed by atoms with Crippen LogP contribution in [-0.2, 0) is 16.4 Å². The van der Waals surface area contributed by atoms with E-state index in [4.69, 9.17) is 4.42 Å². The average molecular weight is 387 g/mol. The van der Waals surface area contributed by atoms with E-state index < -0.39 is 10.0 Å². The van der Waals surface area contributed by atoms with E-state index in [0.717, 1.165) is 41.5 Å². The van der Waals surface area contributed by atoms with Gasteiger partial charge in [-0.05, 0) is 24.6 Å². The fourth-order valence-corrected chi connectivity index (χ4v) is 6.07. The van der Waals surface area contributed by atoms with E-state index in [1.54, 1.807) is 18.6 Å². The van der Waals surface area contributed by atoms with Crippen LogP contribution in [0, 0.1) is 0 Å². The average Bonchev–Trinajstić information content (AvgIpc) is 3.28. The van der Waals surface area contributed by atoms with E-state index in [2.05, 4.69) is 9.62 Å². The largest absolute Gasteiger partial charge is 0.472 e. The minimum atomic E-state index is -3.47. The van der Waals surface area contributed by atoms with Gasteiger partial charge in [-0.1, -0.05) is 6.92 Å². The summed E-state index contributed by atoms with van der Waals surface area (Å²) < 4.78 is 33.5. The van der Waals surface area contributed by atoms with Gasteiger partial charge in [-0.25, -0.2) is 13.1 Å². The molecule has 0 saturated carbocycles. The molecule has 3 heterocycles. The molecule has 0 aliphatic carbocycles. The van der Waals surface area contributed by atoms with E-state index in [0.29, 0.717) is 10.8 Å². The number of hydrogen-bond acceptors (Lipinski definition) is 6. The second-order valence-electron chi connectivity index (χ2n) is 5.65. The normalized spacial score (nSPS) is 17.9. The fourth-order valence-electron chi connectivity index (χ4n) is 2.76. The van der Waals surface area contributed by atoms with E-state index in [1.165, 1.54) is 11.3 Å². The van der Waals surface area contributed by atoms with Gasteiger partial charge in [0.1, 0.15) is 4.21 Å². The van der Waals surface area contributed by atoms with Crippen molar-refractivity contribution in [3.8, 4) is 0 Å². The number of furan rings is 1. The first-order valence-electron chi connectivity index (χ1n) is 8.02. The maximum absolute atomic E-state index is 12.6. The van der Waals surface area contributed by atoms with Crippen LogP contribution in [0.5, 0.6) is 0 Å². The van der Waals surface area contributed by atoms with Gasteiger partial charge in [-0.3, -0.25) is 4.90 Å². The molecule has 0 spiro atoms. The van der Waals surface area contributed by atoms with Gasteiger partial charge < -0.3 is 4.42 Å². The molecule has 0 unspecified atom stereocenters. The Bertz CT molecular complexity index is 734. The highest BCUT2D eigenvalue weighted by Crippen LogP contribution is 2.26. The summed E-state index contributed by atoms with van der Waals surface area (Å²) in [5.41, 5.74) is 1.02. The first-order chi connectivity index (χ1) is 11.6. The van der Waals surface area contributed by atoms with Crippen molar-refractivity contribution in [1.29, 1.82) is 0 Å². The molecule has 0 aromatic carbocycles. The van der Waals surface area contributed by atoms with Gasteiger partial charge in [0, 0.05) is 41.6 Å². The molecule has 2 aromatic rings. The van der Waals surface area contributed by atoms with Crippen molar-refractivity contribution in [1.82, 2.24) is 9.62 Å². The monoisotopic (exact) mass is 386 g/mol. The van der Waals surface area contributed by atoms with E-state index in [9.17, 15) is 8.42 Å². The quantitative estimate of drug-likeness (QED) is 0.793. The number of aryl methyl sites for hydroxylation is 1. The van der Waals surface area contributed by atoms with Gasteiger partial charge in [-0.2, -0.15) is 11.8 Å². The van der Waals surface area contributed by atoms with Crippen molar-refractivity contribution in [3.05, 3.63) is 41.2 Å². The molecule has 0 amide bonds. The zero-order valence-corrected chi connectivity index (χ0v) is 16.1. The fraction of sp³-hybridized carbons (Fsp3) is 0.500. The molecule has 3 rings (SSSR count). The van der Waals surface area contributed by atoms with Crippen molar-refractivity contribution in [2.45, 2.75) is 23.6 Å². The highest BCUT2D eigenvalue weighted by atomic mass is 32.2. The predicted molar refractivity (Wildman–Crippen MR) is 99.2 cm³/mol. The van der Waals surface area contributed by atoms with E-state index >= 15 is 0 Å². The van der Waals surface area contributed by atoms with Gasteiger partial charge in [0.25, 0.3) is 0 Å². The Balaban J connectivity index is 1.73. The number of rotatable bonds is 7. The number of thioether (sulfide) groups is 1. The minimum absolute atomic E-state index is 0.00466. The molecule has 0 bridgehead atoms. The number of nitrogens with zero attached hydrogens (tertiary/aromatic N) is 1. The Kier molecular flexibility index (Phi) is 6.04. The summed E-state index contributed by atoms with van der Waals surface area (Å²) in [6.45, 7) is 4.30. The molecule has 24 heavy (non-hydrogen) atoms. The van der Waals surface area contributed by atoms with Gasteiger partial charge in [0.05, 0.1) is 18.6 Å². The molecule has 1 saturated heterocycles. The lowest BCUT2D eigenvalue weighted by molar-refractivity contribution is 0.218. The summed E-state index contributed by atoms with van der Waals surface area (Å²) >= 11 is 3.28. The molecule has 1 atom stereocenters. The summed E-state index contributed by atoms with van der Waals surface area (Å²) in [6.07, 6.45) is 4.20. The zero-order chi connectivity index (χ0) is 17.0. The zero-order valence-electron chi connectivity index (χ0n) is 13.6. The van der Waals surface area contributed by atoms with Crippen molar-refractivity contribution >= 4 is 33.1 Å². The SMILES string of the molecule is CCc1ccc(S(=O)(=O)NC[C@H](c2ccoc2)N2CCSCC2)s1. The van der Waals surface area contributed by atoms with Gasteiger partial charge in [0.15, 0.2) is 0 Å². The molecular weight excluding hydrogens is 364 g/mol. The Morgan fingerprint density at radius 3 is 2.71 bits per heavy atom. The third kappa shape index (κ3) is 4.23. The van der Waals surface area contributed by atoms with Crippen LogP contribution in [0.4, 0.5) is 0 Å². The van der Waals surface area contributed by atoms with Crippen molar-refractivity contribution in [2.75, 3.05) is 31.1 Å². The van der Waals surface area contributed by atoms with Crippen LogP contribution in [0.3, 0.4) is 0 Å². The Morgan fingerprint density at radius 2 is 2.08 bits per heavy atom. The lowest BCUT2D eigenvalue weighted by Crippen LogP contribution is -2.41. The first-order valence-corrected chi connectivity index (χ1v) is 11.5. The molecule has 8 heteroatoms.